The first-order valence-electron chi connectivity index (χ1n) is 10.4. The summed E-state index contributed by atoms with van der Waals surface area (Å²) in [6.07, 6.45) is 2.35. The average molecular weight is 419 g/mol. The summed E-state index contributed by atoms with van der Waals surface area (Å²) in [7, 11) is 0. The first-order chi connectivity index (χ1) is 14.3. The number of anilines is 2. The van der Waals surface area contributed by atoms with Gasteiger partial charge in [-0.1, -0.05) is 0 Å². The first-order valence-corrected chi connectivity index (χ1v) is 10.4. The Bertz CT molecular complexity index is 898. The van der Waals surface area contributed by atoms with Gasteiger partial charge in [-0.15, -0.1) is 0 Å². The summed E-state index contributed by atoms with van der Waals surface area (Å²) in [5.41, 5.74) is 0.870. The Balaban J connectivity index is 1.56. The average Bonchev–Trinajstić information content (AvgIpc) is 3.16. The lowest BCUT2D eigenvalue weighted by molar-refractivity contribution is -0.129. The van der Waals surface area contributed by atoms with Crippen LogP contribution in [0.4, 0.5) is 20.5 Å². The second-order valence-electron chi connectivity index (χ2n) is 8.08. The SMILES string of the molecule is CC(=O)N1CCN(c2cc(-n3ccc(C)n3)nc(NC3CCC(F)(F)CC3)n2)CC1. The highest BCUT2D eigenvalue weighted by Crippen LogP contribution is 2.34. The zero-order valence-electron chi connectivity index (χ0n) is 17.3. The van der Waals surface area contributed by atoms with Crippen molar-refractivity contribution < 1.29 is 13.6 Å². The van der Waals surface area contributed by atoms with Gasteiger partial charge in [0.2, 0.25) is 17.8 Å². The van der Waals surface area contributed by atoms with Crippen LogP contribution in [0.25, 0.3) is 5.82 Å². The van der Waals surface area contributed by atoms with Crippen LogP contribution in [0.1, 0.15) is 38.3 Å². The lowest BCUT2D eigenvalue weighted by Crippen LogP contribution is -2.48. The molecule has 0 radical (unpaired) electrons. The topological polar surface area (TPSA) is 79.2 Å². The first kappa shape index (κ1) is 20.5. The van der Waals surface area contributed by atoms with Crippen LogP contribution in [0.2, 0.25) is 0 Å². The number of rotatable bonds is 4. The molecule has 1 aliphatic carbocycles. The molecule has 1 amide bonds. The number of nitrogens with one attached hydrogen (secondary N) is 1. The van der Waals surface area contributed by atoms with Crippen LogP contribution in [-0.2, 0) is 4.79 Å². The van der Waals surface area contributed by atoms with E-state index in [0.717, 1.165) is 11.5 Å². The number of aryl methyl sites for hydroxylation is 1. The van der Waals surface area contributed by atoms with E-state index in [1.807, 2.05) is 30.2 Å². The molecular formula is C20H27F2N7O. The third-order valence-corrected chi connectivity index (χ3v) is 5.76. The molecule has 0 bridgehead atoms. The number of carbonyl (C=O) groups is 1. The van der Waals surface area contributed by atoms with Crippen molar-refractivity contribution in [1.82, 2.24) is 24.6 Å². The van der Waals surface area contributed by atoms with Gasteiger partial charge < -0.3 is 15.1 Å². The second kappa shape index (κ2) is 8.16. The van der Waals surface area contributed by atoms with Gasteiger partial charge in [-0.05, 0) is 25.8 Å². The van der Waals surface area contributed by atoms with Crippen LogP contribution >= 0.6 is 0 Å². The number of amides is 1. The standard InChI is InChI=1S/C20H27F2N7O/c1-14-5-8-29(26-14)18-13-17(28-11-9-27(10-12-28)15(2)30)24-19(25-18)23-16-3-6-20(21,22)7-4-16/h5,8,13,16H,3-4,6-7,9-12H2,1-2H3,(H,23,24,25). The smallest absolute Gasteiger partial charge is 0.248 e. The fourth-order valence-electron chi connectivity index (χ4n) is 3.93. The summed E-state index contributed by atoms with van der Waals surface area (Å²) in [6, 6.07) is 3.68. The number of piperazine rings is 1. The van der Waals surface area contributed by atoms with Crippen molar-refractivity contribution in [3.8, 4) is 5.82 Å². The Labute approximate surface area is 174 Å². The third-order valence-electron chi connectivity index (χ3n) is 5.76. The molecule has 162 valence electrons. The van der Waals surface area contributed by atoms with Crippen molar-refractivity contribution in [1.29, 1.82) is 0 Å². The molecule has 0 spiro atoms. The van der Waals surface area contributed by atoms with Crippen LogP contribution in [-0.4, -0.2) is 68.7 Å². The molecule has 1 aliphatic heterocycles. The Hall–Kier alpha value is -2.78. The second-order valence-corrected chi connectivity index (χ2v) is 8.08. The molecule has 4 rings (SSSR count). The molecule has 2 fully saturated rings. The van der Waals surface area contributed by atoms with Gasteiger partial charge in [0.25, 0.3) is 0 Å². The zero-order valence-corrected chi connectivity index (χ0v) is 17.3. The molecule has 1 N–H and O–H groups in total. The summed E-state index contributed by atoms with van der Waals surface area (Å²) >= 11 is 0. The van der Waals surface area contributed by atoms with Gasteiger partial charge in [0.1, 0.15) is 5.82 Å². The Morgan fingerprint density at radius 2 is 1.80 bits per heavy atom. The fourth-order valence-corrected chi connectivity index (χ4v) is 3.93. The maximum absolute atomic E-state index is 13.5. The molecule has 2 aliphatic rings. The van der Waals surface area contributed by atoms with Crippen molar-refractivity contribution in [2.45, 2.75) is 51.5 Å². The molecule has 8 nitrogen and oxygen atoms in total. The van der Waals surface area contributed by atoms with E-state index in [4.69, 9.17) is 0 Å². The molecule has 3 heterocycles. The molecule has 0 aromatic carbocycles. The van der Waals surface area contributed by atoms with E-state index >= 15 is 0 Å². The minimum atomic E-state index is -2.57. The van der Waals surface area contributed by atoms with E-state index in [2.05, 4.69) is 25.3 Å². The maximum atomic E-state index is 13.5. The Morgan fingerprint density at radius 1 is 1.13 bits per heavy atom. The van der Waals surface area contributed by atoms with E-state index in [1.54, 1.807) is 11.6 Å². The number of aromatic nitrogens is 4. The van der Waals surface area contributed by atoms with Gasteiger partial charge in [0, 0.05) is 64.2 Å². The molecule has 10 heteroatoms. The van der Waals surface area contributed by atoms with Crippen LogP contribution in [0.3, 0.4) is 0 Å². The van der Waals surface area contributed by atoms with Crippen LogP contribution < -0.4 is 10.2 Å². The minimum Gasteiger partial charge on any atom is -0.353 e. The van der Waals surface area contributed by atoms with E-state index in [-0.39, 0.29) is 24.8 Å². The van der Waals surface area contributed by atoms with Crippen LogP contribution in [0.5, 0.6) is 0 Å². The van der Waals surface area contributed by atoms with Gasteiger partial charge in [-0.2, -0.15) is 15.1 Å². The van der Waals surface area contributed by atoms with E-state index in [9.17, 15) is 13.6 Å². The molecule has 0 unspecified atom stereocenters. The van der Waals surface area contributed by atoms with Gasteiger partial charge in [0.15, 0.2) is 5.82 Å². The van der Waals surface area contributed by atoms with Gasteiger partial charge in [-0.25, -0.2) is 13.5 Å². The van der Waals surface area contributed by atoms with Crippen molar-refractivity contribution in [3.63, 3.8) is 0 Å². The van der Waals surface area contributed by atoms with Gasteiger partial charge >= 0.3 is 0 Å². The summed E-state index contributed by atoms with van der Waals surface area (Å²) in [5, 5.41) is 7.69. The third kappa shape index (κ3) is 4.68. The number of hydrogen-bond donors (Lipinski definition) is 1. The van der Waals surface area contributed by atoms with Crippen LogP contribution in [0, 0.1) is 6.92 Å². The van der Waals surface area contributed by atoms with E-state index in [0.29, 0.717) is 50.8 Å². The van der Waals surface area contributed by atoms with Crippen molar-refractivity contribution in [2.24, 2.45) is 0 Å². The largest absolute Gasteiger partial charge is 0.353 e. The van der Waals surface area contributed by atoms with Gasteiger partial charge in [0.05, 0.1) is 5.69 Å². The number of halogens is 2. The summed E-state index contributed by atoms with van der Waals surface area (Å²) < 4.78 is 28.7. The normalized spacial score (nSPS) is 19.7. The lowest BCUT2D eigenvalue weighted by atomic mass is 9.92. The fraction of sp³-hybridized carbons (Fsp3) is 0.600. The molecule has 0 atom stereocenters. The summed E-state index contributed by atoms with van der Waals surface area (Å²) in [5.74, 6) is -0.734. The molecule has 1 saturated heterocycles. The summed E-state index contributed by atoms with van der Waals surface area (Å²) in [6.45, 7) is 6.09. The van der Waals surface area contributed by atoms with Crippen LogP contribution in [0.15, 0.2) is 18.3 Å². The molecule has 2 aromatic rings. The number of carbonyl (C=O) groups excluding carboxylic acids is 1. The minimum absolute atomic E-state index is 0.0708. The van der Waals surface area contributed by atoms with E-state index in [1.165, 1.54) is 0 Å². The van der Waals surface area contributed by atoms with E-state index < -0.39 is 5.92 Å². The molecule has 1 saturated carbocycles. The van der Waals surface area contributed by atoms with Crippen molar-refractivity contribution in [3.05, 3.63) is 24.0 Å². The highest BCUT2D eigenvalue weighted by Gasteiger charge is 2.35. The number of alkyl halides is 2. The number of nitrogens with zero attached hydrogens (tertiary/aromatic N) is 6. The Morgan fingerprint density at radius 3 is 2.40 bits per heavy atom. The summed E-state index contributed by atoms with van der Waals surface area (Å²) in [4.78, 5) is 24.8. The number of hydrogen-bond acceptors (Lipinski definition) is 6. The predicted molar refractivity (Wildman–Crippen MR) is 109 cm³/mol. The van der Waals surface area contributed by atoms with Crippen molar-refractivity contribution >= 4 is 17.7 Å². The molecule has 30 heavy (non-hydrogen) atoms. The molecular weight excluding hydrogens is 392 g/mol. The van der Waals surface area contributed by atoms with Gasteiger partial charge in [-0.3, -0.25) is 4.79 Å². The van der Waals surface area contributed by atoms with Crippen molar-refractivity contribution in [2.75, 3.05) is 36.4 Å². The quantitative estimate of drug-likeness (QED) is 0.821. The maximum Gasteiger partial charge on any atom is 0.248 e. The predicted octanol–water partition coefficient (Wildman–Crippen LogP) is 2.63. The zero-order chi connectivity index (χ0) is 21.3. The highest BCUT2D eigenvalue weighted by molar-refractivity contribution is 5.73. The highest BCUT2D eigenvalue weighted by atomic mass is 19.3. The monoisotopic (exact) mass is 419 g/mol. The lowest BCUT2D eigenvalue weighted by Gasteiger charge is -2.35. The Kier molecular flexibility index (Phi) is 5.57. The molecule has 2 aromatic heterocycles.